The lowest BCUT2D eigenvalue weighted by Crippen LogP contribution is -2.33. The van der Waals surface area contributed by atoms with Gasteiger partial charge >= 0.3 is 10.1 Å². The van der Waals surface area contributed by atoms with Gasteiger partial charge in [0.15, 0.2) is 0 Å². The monoisotopic (exact) mass is 511 g/mol. The van der Waals surface area contributed by atoms with Crippen molar-refractivity contribution in [3.05, 3.63) is 95.3 Å². The van der Waals surface area contributed by atoms with Gasteiger partial charge in [0.2, 0.25) is 0 Å². The van der Waals surface area contributed by atoms with Crippen LogP contribution in [0.2, 0.25) is 0 Å². The van der Waals surface area contributed by atoms with Crippen LogP contribution in [0.25, 0.3) is 0 Å². The Morgan fingerprint density at radius 1 is 0.944 bits per heavy atom. The summed E-state index contributed by atoms with van der Waals surface area (Å²) in [5.74, 6) is -0.225. The van der Waals surface area contributed by atoms with E-state index in [0.29, 0.717) is 18.7 Å². The lowest BCUT2D eigenvalue weighted by Gasteiger charge is -2.25. The lowest BCUT2D eigenvalue weighted by atomic mass is 10.0. The van der Waals surface area contributed by atoms with Crippen LogP contribution < -0.4 is 4.18 Å². The number of rotatable bonds is 12. The number of hydrogen-bond acceptors (Lipinski definition) is 4. The first-order chi connectivity index (χ1) is 17.2. The van der Waals surface area contributed by atoms with E-state index in [0.717, 1.165) is 42.7 Å². The molecule has 0 aliphatic rings. The van der Waals surface area contributed by atoms with Crippen molar-refractivity contribution in [1.29, 1.82) is 0 Å². The Morgan fingerprint density at radius 3 is 2.28 bits per heavy atom. The highest BCUT2D eigenvalue weighted by atomic mass is 32.2. The molecule has 0 radical (unpaired) electrons. The van der Waals surface area contributed by atoms with E-state index in [1.807, 2.05) is 44.2 Å². The van der Waals surface area contributed by atoms with E-state index in [9.17, 15) is 17.6 Å². The molecule has 0 saturated carbocycles. The molecule has 36 heavy (non-hydrogen) atoms. The predicted octanol–water partition coefficient (Wildman–Crippen LogP) is 6.62. The van der Waals surface area contributed by atoms with Gasteiger partial charge in [0, 0.05) is 18.7 Å². The molecule has 0 aromatic heterocycles. The van der Waals surface area contributed by atoms with Crippen LogP contribution in [0.3, 0.4) is 0 Å². The minimum Gasteiger partial charge on any atom is -0.379 e. The first kappa shape index (κ1) is 27.4. The van der Waals surface area contributed by atoms with Gasteiger partial charge < -0.3 is 9.08 Å². The lowest BCUT2D eigenvalue weighted by molar-refractivity contribution is 0.0722. The van der Waals surface area contributed by atoms with Crippen molar-refractivity contribution in [3.8, 4) is 5.75 Å². The second-order valence-corrected chi connectivity index (χ2v) is 10.9. The van der Waals surface area contributed by atoms with Crippen LogP contribution in [0.1, 0.15) is 61.5 Å². The van der Waals surface area contributed by atoms with Crippen molar-refractivity contribution in [3.63, 3.8) is 0 Å². The molecule has 3 aromatic carbocycles. The number of hydrogen-bond donors (Lipinski definition) is 0. The minimum absolute atomic E-state index is 0.0749. The largest absolute Gasteiger partial charge is 0.379 e. The number of aryl methyl sites for hydroxylation is 1. The maximum atomic E-state index is 13.4. The standard InChI is InChI=1S/C29H34FNO4S/c1-4-5-6-8-23-11-13-25(14-12-23)29(32)31(20-22(2)3)21-24-9-7-10-27(19-24)35-36(33,34)28-17-15-26(30)16-18-28/h7,9-19,22H,4-6,8,20-21H2,1-3H3. The van der Waals surface area contributed by atoms with Crippen molar-refractivity contribution in [2.75, 3.05) is 6.54 Å². The Labute approximate surface area is 214 Å². The SMILES string of the molecule is CCCCCc1ccc(C(=O)N(Cc2cccc(OS(=O)(=O)c3ccc(F)cc3)c2)CC(C)C)cc1. The second-order valence-electron chi connectivity index (χ2n) is 9.37. The summed E-state index contributed by atoms with van der Waals surface area (Å²) in [6.07, 6.45) is 4.51. The van der Waals surface area contributed by atoms with Gasteiger partial charge in [-0.05, 0) is 78.4 Å². The molecule has 0 atom stereocenters. The summed E-state index contributed by atoms with van der Waals surface area (Å²) >= 11 is 0. The quantitative estimate of drug-likeness (QED) is 0.202. The Hall–Kier alpha value is -3.19. The van der Waals surface area contributed by atoms with Crippen LogP contribution in [0, 0.1) is 11.7 Å². The van der Waals surface area contributed by atoms with Crippen LogP contribution in [-0.2, 0) is 23.1 Å². The number of carbonyl (C=O) groups excluding carboxylic acids is 1. The summed E-state index contributed by atoms with van der Waals surface area (Å²) in [6.45, 7) is 7.13. The highest BCUT2D eigenvalue weighted by molar-refractivity contribution is 7.87. The van der Waals surface area contributed by atoms with E-state index in [1.54, 1.807) is 17.0 Å². The number of unbranched alkanes of at least 4 members (excludes halogenated alkanes) is 2. The van der Waals surface area contributed by atoms with Gasteiger partial charge in [-0.15, -0.1) is 0 Å². The van der Waals surface area contributed by atoms with E-state index in [2.05, 4.69) is 6.92 Å². The molecule has 1 amide bonds. The Balaban J connectivity index is 1.74. The van der Waals surface area contributed by atoms with Crippen LogP contribution >= 0.6 is 0 Å². The van der Waals surface area contributed by atoms with Gasteiger partial charge in [-0.1, -0.05) is 57.9 Å². The molecule has 0 saturated heterocycles. The topological polar surface area (TPSA) is 63.7 Å². The summed E-state index contributed by atoms with van der Waals surface area (Å²) in [5, 5.41) is 0. The molecule has 0 aliphatic carbocycles. The highest BCUT2D eigenvalue weighted by Crippen LogP contribution is 2.22. The fraction of sp³-hybridized carbons (Fsp3) is 0.345. The molecule has 3 aromatic rings. The summed E-state index contributed by atoms with van der Waals surface area (Å²) in [7, 11) is -4.11. The Bertz CT molecular complexity index is 1240. The van der Waals surface area contributed by atoms with Gasteiger partial charge in [-0.2, -0.15) is 8.42 Å². The van der Waals surface area contributed by atoms with Crippen LogP contribution in [0.15, 0.2) is 77.7 Å². The first-order valence-electron chi connectivity index (χ1n) is 12.3. The Morgan fingerprint density at radius 2 is 1.64 bits per heavy atom. The Kier molecular flexibility index (Phi) is 9.65. The molecule has 0 bridgehead atoms. The van der Waals surface area contributed by atoms with Crippen LogP contribution in [0.5, 0.6) is 5.75 Å². The fourth-order valence-corrected chi connectivity index (χ4v) is 4.85. The van der Waals surface area contributed by atoms with Crippen molar-refractivity contribution >= 4 is 16.0 Å². The van der Waals surface area contributed by atoms with Crippen molar-refractivity contribution in [2.24, 2.45) is 5.92 Å². The molecular weight excluding hydrogens is 477 g/mol. The van der Waals surface area contributed by atoms with Crippen molar-refractivity contribution < 1.29 is 21.8 Å². The summed E-state index contributed by atoms with van der Waals surface area (Å²) < 4.78 is 43.6. The zero-order valence-electron chi connectivity index (χ0n) is 21.1. The van der Waals surface area contributed by atoms with E-state index in [1.165, 1.54) is 24.5 Å². The van der Waals surface area contributed by atoms with E-state index < -0.39 is 15.9 Å². The molecule has 192 valence electrons. The minimum atomic E-state index is -4.11. The zero-order valence-corrected chi connectivity index (χ0v) is 21.9. The highest BCUT2D eigenvalue weighted by Gasteiger charge is 2.20. The van der Waals surface area contributed by atoms with Gasteiger partial charge in [-0.3, -0.25) is 4.79 Å². The molecule has 0 unspecified atom stereocenters. The molecule has 3 rings (SSSR count). The van der Waals surface area contributed by atoms with Crippen LogP contribution in [0.4, 0.5) is 4.39 Å². The second kappa shape index (κ2) is 12.7. The molecule has 0 fully saturated rings. The van der Waals surface area contributed by atoms with Crippen molar-refractivity contribution in [1.82, 2.24) is 4.90 Å². The maximum Gasteiger partial charge on any atom is 0.339 e. The van der Waals surface area contributed by atoms with E-state index in [-0.39, 0.29) is 22.5 Å². The molecule has 0 aliphatic heterocycles. The summed E-state index contributed by atoms with van der Waals surface area (Å²) in [5.41, 5.74) is 2.59. The average molecular weight is 512 g/mol. The molecule has 5 nitrogen and oxygen atoms in total. The number of nitrogens with zero attached hydrogens (tertiary/aromatic N) is 1. The number of benzene rings is 3. The average Bonchev–Trinajstić information content (AvgIpc) is 2.84. The third kappa shape index (κ3) is 7.92. The summed E-state index contributed by atoms with van der Waals surface area (Å²) in [4.78, 5) is 15.0. The number of carbonyl (C=O) groups is 1. The zero-order chi connectivity index (χ0) is 26.1. The predicted molar refractivity (Wildman–Crippen MR) is 140 cm³/mol. The number of halogens is 1. The third-order valence-corrected chi connectivity index (χ3v) is 6.98. The van der Waals surface area contributed by atoms with Gasteiger partial charge in [-0.25, -0.2) is 4.39 Å². The molecule has 0 heterocycles. The van der Waals surface area contributed by atoms with Gasteiger partial charge in [0.05, 0.1) is 0 Å². The van der Waals surface area contributed by atoms with Gasteiger partial charge in [0.1, 0.15) is 16.5 Å². The maximum absolute atomic E-state index is 13.4. The normalized spacial score (nSPS) is 11.5. The third-order valence-electron chi connectivity index (χ3n) is 5.72. The number of amides is 1. The van der Waals surface area contributed by atoms with E-state index >= 15 is 0 Å². The van der Waals surface area contributed by atoms with Crippen LogP contribution in [-0.4, -0.2) is 25.8 Å². The smallest absolute Gasteiger partial charge is 0.339 e. The first-order valence-corrected chi connectivity index (χ1v) is 13.8. The molecule has 0 N–H and O–H groups in total. The molecular formula is C29H34FNO4S. The molecule has 7 heteroatoms. The fourth-order valence-electron chi connectivity index (χ4n) is 3.93. The van der Waals surface area contributed by atoms with E-state index in [4.69, 9.17) is 4.18 Å². The summed E-state index contributed by atoms with van der Waals surface area (Å²) in [6, 6.07) is 18.9. The van der Waals surface area contributed by atoms with Gasteiger partial charge in [0.25, 0.3) is 5.91 Å². The molecule has 0 spiro atoms. The van der Waals surface area contributed by atoms with Crippen molar-refractivity contribution in [2.45, 2.75) is 57.9 Å².